The maximum absolute atomic E-state index is 12.6. The van der Waals surface area contributed by atoms with Crippen LogP contribution in [0.4, 0.5) is 0 Å². The van der Waals surface area contributed by atoms with Crippen molar-refractivity contribution in [3.05, 3.63) is 12.2 Å². The van der Waals surface area contributed by atoms with Crippen LogP contribution < -0.4 is 5.11 Å². The lowest BCUT2D eigenvalue weighted by atomic mass is 9.91. The topological polar surface area (TPSA) is 115 Å². The Morgan fingerprint density at radius 2 is 0.864 bits per heavy atom. The monoisotopic (exact) mass is 624 g/mol. The van der Waals surface area contributed by atoms with E-state index in [1.54, 1.807) is 0 Å². The summed E-state index contributed by atoms with van der Waals surface area (Å²) in [6.45, 7) is 8.07. The molecule has 3 atom stereocenters. The van der Waals surface area contributed by atoms with E-state index in [9.17, 15) is 29.7 Å². The summed E-state index contributed by atoms with van der Waals surface area (Å²) in [6, 6.07) is -3.33. The highest BCUT2D eigenvalue weighted by Gasteiger charge is 2.54. The Bertz CT molecular complexity index is 707. The number of quaternary nitrogens is 1. The minimum atomic E-state index is -1.33. The number of carbonyl (C=O) groups is 3. The number of rotatable bonds is 32. The lowest BCUT2D eigenvalue weighted by Crippen LogP contribution is -2.74. The number of hydrogen-bond donors (Lipinski definition) is 2. The highest BCUT2D eigenvalue weighted by molar-refractivity contribution is 5.77. The molecule has 0 spiro atoms. The number of allylic oxidation sites excluding steroid dienone is 2. The van der Waals surface area contributed by atoms with Crippen molar-refractivity contribution in [1.29, 1.82) is 0 Å². The zero-order valence-corrected chi connectivity index (χ0v) is 29.0. The molecule has 0 radical (unpaired) electrons. The van der Waals surface area contributed by atoms with Gasteiger partial charge in [-0.15, -0.1) is 0 Å². The Morgan fingerprint density at radius 3 is 1.20 bits per heavy atom. The van der Waals surface area contributed by atoms with Gasteiger partial charge < -0.3 is 20.1 Å². The first-order valence-corrected chi connectivity index (χ1v) is 18.4. The van der Waals surface area contributed by atoms with Crippen LogP contribution in [0.15, 0.2) is 12.2 Å². The van der Waals surface area contributed by atoms with Gasteiger partial charge in [0.25, 0.3) is 0 Å². The van der Waals surface area contributed by atoms with Gasteiger partial charge in [-0.25, -0.2) is 9.59 Å². The van der Waals surface area contributed by atoms with Gasteiger partial charge in [-0.1, -0.05) is 123 Å². The van der Waals surface area contributed by atoms with E-state index >= 15 is 0 Å². The molecule has 0 aliphatic heterocycles. The molecule has 0 aliphatic carbocycles. The van der Waals surface area contributed by atoms with Crippen molar-refractivity contribution in [2.24, 2.45) is 0 Å². The van der Waals surface area contributed by atoms with Gasteiger partial charge in [0.15, 0.2) is 12.1 Å². The molecule has 0 aliphatic rings. The van der Waals surface area contributed by atoms with Crippen LogP contribution in [-0.2, 0) is 14.4 Å². The van der Waals surface area contributed by atoms with Crippen LogP contribution in [-0.4, -0.2) is 57.3 Å². The fourth-order valence-electron chi connectivity index (χ4n) is 6.97. The molecule has 0 amide bonds. The molecular weight excluding hydrogens is 554 g/mol. The normalized spacial score (nSPS) is 15.2. The molecule has 0 rings (SSSR count). The quantitative estimate of drug-likeness (QED) is 0.0439. The first kappa shape index (κ1) is 42.1. The van der Waals surface area contributed by atoms with Crippen LogP contribution in [0.25, 0.3) is 0 Å². The average molecular weight is 624 g/mol. The second-order valence-electron chi connectivity index (χ2n) is 13.0. The first-order valence-electron chi connectivity index (χ1n) is 18.4. The van der Waals surface area contributed by atoms with E-state index < -0.39 is 40.5 Å². The molecular formula is C37H69NO6. The van der Waals surface area contributed by atoms with E-state index in [1.807, 2.05) is 20.8 Å². The van der Waals surface area contributed by atoms with Gasteiger partial charge in [-0.2, -0.15) is 0 Å². The summed E-state index contributed by atoms with van der Waals surface area (Å²) in [7, 11) is 0. The number of carboxylic acids is 3. The SMILES string of the molecule is CCCCCCCCCC/C=C/CCCCCCCCCC[N+](C(CCC)C(=O)[O-])(C(CCC)C(=O)O)C(CCC)C(=O)O. The summed E-state index contributed by atoms with van der Waals surface area (Å²) in [5, 5.41) is 33.0. The molecule has 0 saturated carbocycles. The predicted molar refractivity (Wildman–Crippen MR) is 179 cm³/mol. The highest BCUT2D eigenvalue weighted by atomic mass is 16.4. The zero-order valence-electron chi connectivity index (χ0n) is 29.0. The maximum atomic E-state index is 12.6. The summed E-state index contributed by atoms with van der Waals surface area (Å²) >= 11 is 0. The second kappa shape index (κ2) is 27.4. The summed E-state index contributed by atoms with van der Waals surface area (Å²) in [5.74, 6) is -3.56. The van der Waals surface area contributed by atoms with E-state index in [0.29, 0.717) is 25.7 Å². The van der Waals surface area contributed by atoms with Gasteiger partial charge in [0.2, 0.25) is 0 Å². The predicted octanol–water partition coefficient (Wildman–Crippen LogP) is 8.83. The van der Waals surface area contributed by atoms with Crippen molar-refractivity contribution < 1.29 is 34.2 Å². The van der Waals surface area contributed by atoms with Crippen LogP contribution >= 0.6 is 0 Å². The minimum absolute atomic E-state index is 0.206. The third-order valence-electron chi connectivity index (χ3n) is 9.33. The number of unbranched alkanes of at least 4 members (excludes halogenated alkanes) is 16. The van der Waals surface area contributed by atoms with E-state index in [4.69, 9.17) is 0 Å². The molecule has 258 valence electrons. The van der Waals surface area contributed by atoms with Gasteiger partial charge >= 0.3 is 11.9 Å². The van der Waals surface area contributed by atoms with Gasteiger partial charge in [0.05, 0.1) is 12.5 Å². The Labute approximate surface area is 270 Å². The summed E-state index contributed by atoms with van der Waals surface area (Å²) < 4.78 is -0.435. The summed E-state index contributed by atoms with van der Waals surface area (Å²) in [4.78, 5) is 37.7. The number of hydrogen-bond acceptors (Lipinski definition) is 4. The standard InChI is InChI=1S/C37H69NO6/c1-5-9-10-11-12-13-14-15-16-17-18-19-20-21-22-23-24-25-26-27-31-38(32(28-6-2)35(39)40,33(29-7-3)36(41)42)34(30-8-4)37(43)44/h17-18,32-34H,5-16,19-31H2,1-4H3,(H2-,39,40,41,42,43,44)/b18-17+. The van der Waals surface area contributed by atoms with E-state index in [0.717, 1.165) is 32.1 Å². The molecule has 0 aromatic heterocycles. The molecule has 0 bridgehead atoms. The van der Waals surface area contributed by atoms with Crippen LogP contribution in [0.2, 0.25) is 0 Å². The Morgan fingerprint density at radius 1 is 0.523 bits per heavy atom. The summed E-state index contributed by atoms with van der Waals surface area (Å²) in [6.07, 6.45) is 28.5. The Kier molecular flexibility index (Phi) is 26.2. The minimum Gasteiger partial charge on any atom is -0.544 e. The van der Waals surface area contributed by atoms with E-state index in [1.165, 1.54) is 77.0 Å². The van der Waals surface area contributed by atoms with Gasteiger partial charge in [-0.3, -0.25) is 4.48 Å². The lowest BCUT2D eigenvalue weighted by molar-refractivity contribution is -0.975. The van der Waals surface area contributed by atoms with Crippen molar-refractivity contribution in [3.8, 4) is 0 Å². The third kappa shape index (κ3) is 17.0. The largest absolute Gasteiger partial charge is 0.544 e. The van der Waals surface area contributed by atoms with Gasteiger partial charge in [0, 0.05) is 19.3 Å². The molecule has 3 unspecified atom stereocenters. The average Bonchev–Trinajstić information content (AvgIpc) is 2.98. The number of carbonyl (C=O) groups excluding carboxylic acids is 1. The highest BCUT2D eigenvalue weighted by Crippen LogP contribution is 2.34. The molecule has 0 fully saturated rings. The molecule has 7 nitrogen and oxygen atoms in total. The number of aliphatic carboxylic acids is 3. The van der Waals surface area contributed by atoms with Gasteiger partial charge in [0.1, 0.15) is 6.04 Å². The van der Waals surface area contributed by atoms with Crippen molar-refractivity contribution in [3.63, 3.8) is 0 Å². The van der Waals surface area contributed by atoms with Crippen molar-refractivity contribution in [1.82, 2.24) is 0 Å². The maximum Gasteiger partial charge on any atom is 0.362 e. The third-order valence-corrected chi connectivity index (χ3v) is 9.33. The molecule has 0 aromatic rings. The van der Waals surface area contributed by atoms with Crippen molar-refractivity contribution in [2.75, 3.05) is 6.54 Å². The fourth-order valence-corrected chi connectivity index (χ4v) is 6.97. The second-order valence-corrected chi connectivity index (χ2v) is 13.0. The van der Waals surface area contributed by atoms with E-state index in [2.05, 4.69) is 19.1 Å². The Hall–Kier alpha value is -1.89. The molecule has 2 N–H and O–H groups in total. The number of nitrogens with zero attached hydrogens (tertiary/aromatic N) is 1. The molecule has 0 aromatic carbocycles. The number of carboxylic acid groups (broad SMARTS) is 3. The zero-order chi connectivity index (χ0) is 33.1. The lowest BCUT2D eigenvalue weighted by Gasteiger charge is -2.52. The molecule has 0 heterocycles. The summed E-state index contributed by atoms with van der Waals surface area (Å²) in [5.41, 5.74) is 0. The van der Waals surface area contributed by atoms with Crippen LogP contribution in [0, 0.1) is 0 Å². The van der Waals surface area contributed by atoms with Gasteiger partial charge in [-0.05, 0) is 51.4 Å². The Balaban J connectivity index is 4.76. The van der Waals surface area contributed by atoms with Crippen LogP contribution in [0.3, 0.4) is 0 Å². The van der Waals surface area contributed by atoms with Crippen LogP contribution in [0.1, 0.15) is 182 Å². The van der Waals surface area contributed by atoms with Crippen molar-refractivity contribution in [2.45, 2.75) is 200 Å². The smallest absolute Gasteiger partial charge is 0.362 e. The molecule has 0 saturated heterocycles. The van der Waals surface area contributed by atoms with Crippen LogP contribution in [0.5, 0.6) is 0 Å². The van der Waals surface area contributed by atoms with E-state index in [-0.39, 0.29) is 25.8 Å². The molecule has 44 heavy (non-hydrogen) atoms. The van der Waals surface area contributed by atoms with Crippen molar-refractivity contribution >= 4 is 17.9 Å². The molecule has 7 heteroatoms. The fraction of sp³-hybridized carbons (Fsp3) is 0.865. The first-order chi connectivity index (χ1) is 21.2.